The Balaban J connectivity index is 1.74. The maximum Gasteiger partial charge on any atom is 0.408 e. The molecule has 1 aliphatic heterocycles. The van der Waals surface area contributed by atoms with Gasteiger partial charge in [0.25, 0.3) is 0 Å². The van der Waals surface area contributed by atoms with E-state index in [1.54, 1.807) is 11.8 Å². The van der Waals surface area contributed by atoms with Crippen molar-refractivity contribution in [2.75, 3.05) is 13.2 Å². The van der Waals surface area contributed by atoms with E-state index in [2.05, 4.69) is 5.32 Å². The van der Waals surface area contributed by atoms with E-state index >= 15 is 0 Å². The zero-order chi connectivity index (χ0) is 21.6. The second-order valence-electron chi connectivity index (χ2n) is 7.27. The van der Waals surface area contributed by atoms with Crippen LogP contribution in [0.5, 0.6) is 0 Å². The molecule has 0 saturated carbocycles. The monoisotopic (exact) mass is 410 g/mol. The lowest BCUT2D eigenvalue weighted by Crippen LogP contribution is -2.57. The Morgan fingerprint density at radius 3 is 2.33 bits per heavy atom. The van der Waals surface area contributed by atoms with Gasteiger partial charge in [-0.2, -0.15) is 0 Å². The van der Waals surface area contributed by atoms with Gasteiger partial charge in [-0.15, -0.1) is 0 Å². The fourth-order valence-corrected chi connectivity index (χ4v) is 3.55. The number of amides is 2. The van der Waals surface area contributed by atoms with Gasteiger partial charge in [-0.05, 0) is 25.0 Å². The number of ether oxygens (including phenoxy) is 2. The first-order valence-corrected chi connectivity index (χ1v) is 9.95. The van der Waals surface area contributed by atoms with E-state index in [9.17, 15) is 14.4 Å². The summed E-state index contributed by atoms with van der Waals surface area (Å²) in [6, 6.07) is 18.5. The molecule has 7 heteroatoms. The number of carbonyl (C=O) groups is 3. The number of nitrogens with zero attached hydrogens (tertiary/aromatic N) is 1. The molecule has 1 N–H and O–H groups in total. The molecule has 0 radical (unpaired) electrons. The van der Waals surface area contributed by atoms with E-state index in [1.165, 1.54) is 0 Å². The minimum atomic E-state index is -1.48. The van der Waals surface area contributed by atoms with Crippen molar-refractivity contribution < 1.29 is 23.9 Å². The first kappa shape index (κ1) is 21.4. The molecule has 1 fully saturated rings. The molecule has 7 nitrogen and oxygen atoms in total. The van der Waals surface area contributed by atoms with Gasteiger partial charge in [-0.1, -0.05) is 60.7 Å². The van der Waals surface area contributed by atoms with Crippen molar-refractivity contribution in [3.05, 3.63) is 71.8 Å². The van der Waals surface area contributed by atoms with Gasteiger partial charge in [0.05, 0.1) is 25.6 Å². The van der Waals surface area contributed by atoms with Gasteiger partial charge < -0.3 is 19.7 Å². The van der Waals surface area contributed by atoms with Crippen LogP contribution in [-0.4, -0.2) is 41.6 Å². The fraction of sp³-hybridized carbons (Fsp3) is 0.348. The van der Waals surface area contributed by atoms with Gasteiger partial charge in [0.15, 0.2) is 5.54 Å². The Kier molecular flexibility index (Phi) is 6.72. The summed E-state index contributed by atoms with van der Waals surface area (Å²) >= 11 is 0. The third-order valence-electron chi connectivity index (χ3n) is 5.18. The molecule has 2 amide bonds. The molecule has 158 valence electrons. The number of rotatable bonds is 7. The molecule has 2 aromatic rings. The van der Waals surface area contributed by atoms with Crippen molar-refractivity contribution in [2.45, 2.75) is 38.5 Å². The lowest BCUT2D eigenvalue weighted by Gasteiger charge is -2.30. The molecule has 0 bridgehead atoms. The SMILES string of the molecule is CCOC(=O)[C@]1(NC(=O)OCc2ccccc2)CC(=O)N([C@H](C)c2ccccc2)C1. The van der Waals surface area contributed by atoms with Gasteiger partial charge in [0, 0.05) is 0 Å². The van der Waals surface area contributed by atoms with Gasteiger partial charge in [-0.3, -0.25) is 4.79 Å². The number of alkyl carbamates (subject to hydrolysis) is 1. The van der Waals surface area contributed by atoms with Gasteiger partial charge in [0.2, 0.25) is 5.91 Å². The molecule has 1 aliphatic rings. The highest BCUT2D eigenvalue weighted by Crippen LogP contribution is 2.32. The molecule has 1 saturated heterocycles. The van der Waals surface area contributed by atoms with E-state index in [-0.39, 0.29) is 38.1 Å². The Labute approximate surface area is 176 Å². The second-order valence-corrected chi connectivity index (χ2v) is 7.27. The van der Waals surface area contributed by atoms with Crippen molar-refractivity contribution in [3.63, 3.8) is 0 Å². The maximum atomic E-state index is 12.8. The van der Waals surface area contributed by atoms with Crippen LogP contribution in [0.15, 0.2) is 60.7 Å². The molecule has 2 aromatic carbocycles. The summed E-state index contributed by atoms with van der Waals surface area (Å²) < 4.78 is 10.5. The van der Waals surface area contributed by atoms with Crippen molar-refractivity contribution in [2.24, 2.45) is 0 Å². The predicted octanol–water partition coefficient (Wildman–Crippen LogP) is 3.21. The Morgan fingerprint density at radius 2 is 1.70 bits per heavy atom. The van der Waals surface area contributed by atoms with Crippen molar-refractivity contribution in [1.82, 2.24) is 10.2 Å². The summed E-state index contributed by atoms with van der Waals surface area (Å²) in [7, 11) is 0. The predicted molar refractivity (Wildman–Crippen MR) is 110 cm³/mol. The smallest absolute Gasteiger partial charge is 0.408 e. The summed E-state index contributed by atoms with van der Waals surface area (Å²) in [5.41, 5.74) is 0.279. The van der Waals surface area contributed by atoms with Gasteiger partial charge >= 0.3 is 12.1 Å². The average Bonchev–Trinajstić information content (AvgIpc) is 3.10. The van der Waals surface area contributed by atoms with Crippen LogP contribution in [0.1, 0.15) is 37.4 Å². The minimum absolute atomic E-state index is 0.0150. The third-order valence-corrected chi connectivity index (χ3v) is 5.18. The zero-order valence-corrected chi connectivity index (χ0v) is 17.2. The Morgan fingerprint density at radius 1 is 1.07 bits per heavy atom. The van der Waals surface area contributed by atoms with Crippen LogP contribution in [-0.2, 0) is 25.7 Å². The summed E-state index contributed by atoms with van der Waals surface area (Å²) in [5.74, 6) is -0.875. The number of likely N-dealkylation sites (tertiary alicyclic amines) is 1. The summed E-state index contributed by atoms with van der Waals surface area (Å²) in [5, 5.41) is 2.62. The standard InChI is InChI=1S/C23H26N2O5/c1-3-29-21(27)23(24-22(28)30-15-18-10-6-4-7-11-18)14-20(26)25(16-23)17(2)19-12-8-5-9-13-19/h4-13,17H,3,14-16H2,1-2H3,(H,24,28)/t17-,23+/m1/s1. The largest absolute Gasteiger partial charge is 0.464 e. The third kappa shape index (κ3) is 4.79. The summed E-state index contributed by atoms with van der Waals surface area (Å²) in [6.07, 6.45) is -0.947. The molecule has 1 heterocycles. The molecule has 0 aliphatic carbocycles. The second kappa shape index (κ2) is 9.43. The van der Waals surface area contributed by atoms with Crippen LogP contribution < -0.4 is 5.32 Å². The molecule has 30 heavy (non-hydrogen) atoms. The number of esters is 1. The number of hydrogen-bond donors (Lipinski definition) is 1. The topological polar surface area (TPSA) is 84.9 Å². The normalized spacial score (nSPS) is 19.3. The highest BCUT2D eigenvalue weighted by atomic mass is 16.6. The lowest BCUT2D eigenvalue weighted by molar-refractivity contribution is -0.150. The van der Waals surface area contributed by atoms with Crippen LogP contribution in [0, 0.1) is 0 Å². The Bertz CT molecular complexity index is 887. The van der Waals surface area contributed by atoms with E-state index < -0.39 is 17.6 Å². The number of hydrogen-bond acceptors (Lipinski definition) is 5. The molecular weight excluding hydrogens is 384 g/mol. The van der Waals surface area contributed by atoms with Crippen molar-refractivity contribution >= 4 is 18.0 Å². The minimum Gasteiger partial charge on any atom is -0.464 e. The summed E-state index contributed by atoms with van der Waals surface area (Å²) in [4.78, 5) is 39.6. The number of carbonyl (C=O) groups excluding carboxylic acids is 3. The molecular formula is C23H26N2O5. The van der Waals surface area contributed by atoms with Gasteiger partial charge in [0.1, 0.15) is 6.61 Å². The Hall–Kier alpha value is -3.35. The molecule has 0 aromatic heterocycles. The zero-order valence-electron chi connectivity index (χ0n) is 17.2. The van der Waals surface area contributed by atoms with E-state index in [0.717, 1.165) is 11.1 Å². The summed E-state index contributed by atoms with van der Waals surface area (Å²) in [6.45, 7) is 3.79. The van der Waals surface area contributed by atoms with E-state index in [1.807, 2.05) is 67.6 Å². The number of benzene rings is 2. The van der Waals surface area contributed by atoms with E-state index in [0.29, 0.717) is 0 Å². The van der Waals surface area contributed by atoms with Crippen LogP contribution in [0.2, 0.25) is 0 Å². The van der Waals surface area contributed by atoms with Crippen molar-refractivity contribution in [3.8, 4) is 0 Å². The first-order valence-electron chi connectivity index (χ1n) is 9.95. The lowest BCUT2D eigenvalue weighted by atomic mass is 9.98. The molecule has 3 rings (SSSR count). The van der Waals surface area contributed by atoms with Crippen molar-refractivity contribution in [1.29, 1.82) is 0 Å². The number of nitrogens with one attached hydrogen (secondary N) is 1. The maximum absolute atomic E-state index is 12.8. The highest BCUT2D eigenvalue weighted by molar-refractivity contribution is 5.95. The molecule has 0 unspecified atom stereocenters. The first-order chi connectivity index (χ1) is 14.4. The molecule has 2 atom stereocenters. The average molecular weight is 410 g/mol. The van der Waals surface area contributed by atoms with Crippen LogP contribution in [0.25, 0.3) is 0 Å². The molecule has 0 spiro atoms. The van der Waals surface area contributed by atoms with Crippen LogP contribution in [0.4, 0.5) is 4.79 Å². The quantitative estimate of drug-likeness (QED) is 0.709. The van der Waals surface area contributed by atoms with Crippen LogP contribution in [0.3, 0.4) is 0 Å². The highest BCUT2D eigenvalue weighted by Gasteiger charge is 2.52. The van der Waals surface area contributed by atoms with Gasteiger partial charge in [-0.25, -0.2) is 9.59 Å². The fourth-order valence-electron chi connectivity index (χ4n) is 3.55. The van der Waals surface area contributed by atoms with E-state index in [4.69, 9.17) is 9.47 Å². The van der Waals surface area contributed by atoms with Crippen LogP contribution >= 0.6 is 0 Å².